The molecule has 0 aliphatic carbocycles. The minimum atomic E-state index is -0.792. The van der Waals surface area contributed by atoms with Crippen molar-refractivity contribution in [1.82, 2.24) is 15.3 Å². The number of hydrogen-bond acceptors (Lipinski definition) is 3. The number of nitrogens with zero attached hydrogens (tertiary/aromatic N) is 1. The highest BCUT2D eigenvalue weighted by Crippen LogP contribution is 2.36. The van der Waals surface area contributed by atoms with E-state index in [9.17, 15) is 4.39 Å². The lowest BCUT2D eigenvalue weighted by atomic mass is 9.90. The van der Waals surface area contributed by atoms with Crippen LogP contribution in [-0.4, -0.2) is 22.7 Å². The quantitative estimate of drug-likeness (QED) is 0.720. The number of aryl methyl sites for hydroxylation is 1. The molecule has 2 N–H and O–H groups in total. The van der Waals surface area contributed by atoms with Crippen LogP contribution >= 0.6 is 0 Å². The van der Waals surface area contributed by atoms with Gasteiger partial charge in [0.25, 0.3) is 0 Å². The van der Waals surface area contributed by atoms with Crippen LogP contribution in [0.1, 0.15) is 34.7 Å². The van der Waals surface area contributed by atoms with Gasteiger partial charge in [-0.25, -0.2) is 9.37 Å². The van der Waals surface area contributed by atoms with Crippen LogP contribution in [0.4, 0.5) is 4.39 Å². The van der Waals surface area contributed by atoms with E-state index in [1.54, 1.807) is 6.26 Å². The van der Waals surface area contributed by atoms with E-state index in [1.165, 1.54) is 5.56 Å². The van der Waals surface area contributed by atoms with Gasteiger partial charge in [-0.2, -0.15) is 0 Å². The third-order valence-electron chi connectivity index (χ3n) is 5.41. The molecule has 2 aliphatic heterocycles. The largest absolute Gasteiger partial charge is 0.496 e. The monoisotopic (exact) mass is 349 g/mol. The molecule has 2 atom stereocenters. The van der Waals surface area contributed by atoms with Crippen molar-refractivity contribution in [3.05, 3.63) is 59.1 Å². The highest BCUT2D eigenvalue weighted by Gasteiger charge is 2.28. The first-order valence-electron chi connectivity index (χ1n) is 8.95. The third kappa shape index (κ3) is 2.51. The van der Waals surface area contributed by atoms with Gasteiger partial charge in [-0.1, -0.05) is 0 Å². The number of ether oxygens (including phenoxy) is 1. The molecule has 5 rings (SSSR count). The average molecular weight is 349 g/mol. The first kappa shape index (κ1) is 15.6. The molecule has 132 valence electrons. The molecule has 26 heavy (non-hydrogen) atoms. The Balaban J connectivity index is 1.66. The van der Waals surface area contributed by atoms with Gasteiger partial charge in [0.1, 0.15) is 18.4 Å². The number of H-pyrrole nitrogens is 1. The summed E-state index contributed by atoms with van der Waals surface area (Å²) in [4.78, 5) is 7.74. The fraction of sp³-hybridized carbons (Fsp3) is 0.286. The molecule has 2 unspecified atom stereocenters. The fourth-order valence-corrected chi connectivity index (χ4v) is 3.99. The van der Waals surface area contributed by atoms with Gasteiger partial charge in [0.15, 0.2) is 0 Å². The predicted molar refractivity (Wildman–Crippen MR) is 100 cm³/mol. The van der Waals surface area contributed by atoms with Crippen molar-refractivity contribution in [2.24, 2.45) is 0 Å². The smallest absolute Gasteiger partial charge is 0.137 e. The van der Waals surface area contributed by atoms with Gasteiger partial charge in [-0.15, -0.1) is 0 Å². The molecule has 1 fully saturated rings. The van der Waals surface area contributed by atoms with Gasteiger partial charge < -0.3 is 15.0 Å². The van der Waals surface area contributed by atoms with Crippen LogP contribution in [0.5, 0.6) is 0 Å². The Morgan fingerprint density at radius 2 is 2.15 bits per heavy atom. The highest BCUT2D eigenvalue weighted by atomic mass is 19.1. The maximum atomic E-state index is 13.8. The zero-order valence-electron chi connectivity index (χ0n) is 14.6. The number of halogens is 1. The van der Waals surface area contributed by atoms with Crippen molar-refractivity contribution in [2.45, 2.75) is 32.2 Å². The second-order valence-electron chi connectivity index (χ2n) is 7.13. The SMILES string of the molecule is Cc1c[nH]c2ncc(-c3cc4c(c(C5CC(F)CN5)c3)COC=C4)cc12. The molecule has 4 heterocycles. The van der Waals surface area contributed by atoms with Gasteiger partial charge in [0.2, 0.25) is 0 Å². The molecule has 0 amide bonds. The zero-order valence-corrected chi connectivity index (χ0v) is 14.6. The predicted octanol–water partition coefficient (Wildman–Crippen LogP) is 4.41. The summed E-state index contributed by atoms with van der Waals surface area (Å²) in [6.07, 6.45) is 7.30. The number of aromatic nitrogens is 2. The summed E-state index contributed by atoms with van der Waals surface area (Å²) >= 11 is 0. The van der Waals surface area contributed by atoms with Crippen LogP contribution in [0.25, 0.3) is 28.2 Å². The van der Waals surface area contributed by atoms with E-state index in [-0.39, 0.29) is 6.04 Å². The average Bonchev–Trinajstić information content (AvgIpc) is 3.26. The van der Waals surface area contributed by atoms with Crippen LogP contribution in [0.15, 0.2) is 36.9 Å². The highest BCUT2D eigenvalue weighted by molar-refractivity contribution is 5.85. The van der Waals surface area contributed by atoms with Crippen molar-refractivity contribution in [2.75, 3.05) is 6.54 Å². The minimum Gasteiger partial charge on any atom is -0.496 e. The van der Waals surface area contributed by atoms with Gasteiger partial charge >= 0.3 is 0 Å². The topological polar surface area (TPSA) is 49.9 Å². The Kier molecular flexibility index (Phi) is 3.57. The summed E-state index contributed by atoms with van der Waals surface area (Å²) in [6, 6.07) is 6.54. The Morgan fingerprint density at radius 1 is 1.23 bits per heavy atom. The second kappa shape index (κ2) is 5.95. The maximum Gasteiger partial charge on any atom is 0.137 e. The molecule has 3 aromatic rings. The molecule has 0 radical (unpaired) electrons. The Hall–Kier alpha value is -2.66. The third-order valence-corrected chi connectivity index (χ3v) is 5.41. The molecule has 0 spiro atoms. The van der Waals surface area contributed by atoms with Crippen LogP contribution < -0.4 is 5.32 Å². The number of nitrogens with one attached hydrogen (secondary N) is 2. The molecule has 0 saturated carbocycles. The zero-order chi connectivity index (χ0) is 17.7. The summed E-state index contributed by atoms with van der Waals surface area (Å²) in [6.45, 7) is 3.02. The molecule has 2 aromatic heterocycles. The van der Waals surface area contributed by atoms with Crippen LogP contribution in [0, 0.1) is 6.92 Å². The number of aromatic amines is 1. The first-order chi connectivity index (χ1) is 12.7. The molecule has 4 nitrogen and oxygen atoms in total. The Labute approximate surface area is 151 Å². The maximum absolute atomic E-state index is 13.8. The lowest BCUT2D eigenvalue weighted by molar-refractivity contribution is 0.232. The number of fused-ring (bicyclic) bond motifs is 2. The fourth-order valence-electron chi connectivity index (χ4n) is 3.99. The summed E-state index contributed by atoms with van der Waals surface area (Å²) in [5.41, 5.74) is 7.67. The second-order valence-corrected chi connectivity index (χ2v) is 7.13. The van der Waals surface area contributed by atoms with E-state index in [2.05, 4.69) is 40.4 Å². The summed E-state index contributed by atoms with van der Waals surface area (Å²) in [5, 5.41) is 4.44. The van der Waals surface area contributed by atoms with Crippen molar-refractivity contribution >= 4 is 17.1 Å². The van der Waals surface area contributed by atoms with E-state index in [4.69, 9.17) is 4.74 Å². The van der Waals surface area contributed by atoms with Crippen molar-refractivity contribution < 1.29 is 9.13 Å². The molecular formula is C21H20FN3O. The van der Waals surface area contributed by atoms with Crippen LogP contribution in [0.2, 0.25) is 0 Å². The summed E-state index contributed by atoms with van der Waals surface area (Å²) < 4.78 is 19.3. The normalized spacial score (nSPS) is 21.8. The van der Waals surface area contributed by atoms with Gasteiger partial charge in [-0.3, -0.25) is 0 Å². The number of alkyl halides is 1. The lowest BCUT2D eigenvalue weighted by Crippen LogP contribution is -2.17. The van der Waals surface area contributed by atoms with E-state index in [1.807, 2.05) is 18.5 Å². The Morgan fingerprint density at radius 3 is 3.00 bits per heavy atom. The summed E-state index contributed by atoms with van der Waals surface area (Å²) in [7, 11) is 0. The molecule has 1 saturated heterocycles. The first-order valence-corrected chi connectivity index (χ1v) is 8.95. The Bertz CT molecular complexity index is 1020. The molecule has 2 aliphatic rings. The van der Waals surface area contributed by atoms with Crippen molar-refractivity contribution in [1.29, 1.82) is 0 Å². The summed E-state index contributed by atoms with van der Waals surface area (Å²) in [5.74, 6) is 0. The number of hydrogen-bond donors (Lipinski definition) is 2. The molecule has 0 bridgehead atoms. The van der Waals surface area contributed by atoms with E-state index >= 15 is 0 Å². The number of rotatable bonds is 2. The number of pyridine rings is 1. The van der Waals surface area contributed by atoms with Crippen molar-refractivity contribution in [3.63, 3.8) is 0 Å². The van der Waals surface area contributed by atoms with Gasteiger partial charge in [0.05, 0.1) is 6.26 Å². The molecular weight excluding hydrogens is 329 g/mol. The lowest BCUT2D eigenvalue weighted by Gasteiger charge is -2.22. The van der Waals surface area contributed by atoms with E-state index in [0.29, 0.717) is 19.6 Å². The van der Waals surface area contributed by atoms with Gasteiger partial charge in [0, 0.05) is 41.5 Å². The van der Waals surface area contributed by atoms with Crippen molar-refractivity contribution in [3.8, 4) is 11.1 Å². The standard InChI is InChI=1S/C21H20FN3O/c1-12-8-24-21-17(12)6-15(9-25-21)14-4-13-2-3-26-11-19(13)18(5-14)20-7-16(22)10-23-20/h2-6,8-9,16,20,23H,7,10-11H2,1H3,(H,24,25). The minimum absolute atomic E-state index is 0.0273. The van der Waals surface area contributed by atoms with Gasteiger partial charge in [-0.05, 0) is 59.9 Å². The number of benzene rings is 1. The molecule has 5 heteroatoms. The van der Waals surface area contributed by atoms with E-state index in [0.717, 1.165) is 38.9 Å². The van der Waals surface area contributed by atoms with E-state index < -0.39 is 6.17 Å². The molecule has 1 aromatic carbocycles. The van der Waals surface area contributed by atoms with Crippen LogP contribution in [0.3, 0.4) is 0 Å². The van der Waals surface area contributed by atoms with Crippen LogP contribution in [-0.2, 0) is 11.3 Å².